The zero-order chi connectivity index (χ0) is 25.8. The van der Waals surface area contributed by atoms with Gasteiger partial charge in [-0.25, -0.2) is 4.79 Å². The summed E-state index contributed by atoms with van der Waals surface area (Å²) in [5, 5.41) is 2.73. The minimum Gasteiger partial charge on any atom is -0.462 e. The largest absolute Gasteiger partial charge is 0.462 e. The molecule has 0 aliphatic carbocycles. The van der Waals surface area contributed by atoms with Gasteiger partial charge in [-0.1, -0.05) is 42.2 Å². The number of hydrogen-bond donors (Lipinski definition) is 1. The highest BCUT2D eigenvalue weighted by Gasteiger charge is 2.42. The average Bonchev–Trinajstić information content (AvgIpc) is 3.30. The highest BCUT2D eigenvalue weighted by Crippen LogP contribution is 2.44. The quantitative estimate of drug-likeness (QED) is 0.319. The molecule has 2 heterocycles. The molecule has 4 rings (SSSR count). The van der Waals surface area contributed by atoms with Crippen LogP contribution in [0.15, 0.2) is 53.4 Å². The number of nitrogens with one attached hydrogen (secondary N) is 1. The van der Waals surface area contributed by atoms with Crippen LogP contribution in [0.25, 0.3) is 5.57 Å². The number of benzene rings is 2. The molecule has 0 radical (unpaired) electrons. The molecule has 2 aromatic rings. The minimum absolute atomic E-state index is 0.231. The van der Waals surface area contributed by atoms with Crippen molar-refractivity contribution in [3.8, 4) is 0 Å². The molecule has 9 nitrogen and oxygen atoms in total. The Kier molecular flexibility index (Phi) is 7.82. The van der Waals surface area contributed by atoms with Crippen LogP contribution in [0.3, 0.4) is 0 Å². The van der Waals surface area contributed by atoms with E-state index < -0.39 is 17.8 Å². The fourth-order valence-electron chi connectivity index (χ4n) is 3.83. The van der Waals surface area contributed by atoms with Crippen LogP contribution in [0.5, 0.6) is 0 Å². The first-order chi connectivity index (χ1) is 17.3. The van der Waals surface area contributed by atoms with E-state index in [4.69, 9.17) is 21.7 Å². The van der Waals surface area contributed by atoms with E-state index in [0.717, 1.165) is 11.8 Å². The van der Waals surface area contributed by atoms with E-state index >= 15 is 0 Å². The fraction of sp³-hybridized carbons (Fsp3) is 0.240. The van der Waals surface area contributed by atoms with Crippen LogP contribution in [0.4, 0.5) is 11.4 Å². The number of ether oxygens (including phenoxy) is 2. The summed E-state index contributed by atoms with van der Waals surface area (Å²) in [5.41, 5.74) is 2.17. The van der Waals surface area contributed by atoms with Gasteiger partial charge in [0, 0.05) is 18.4 Å². The Morgan fingerprint density at radius 2 is 1.75 bits per heavy atom. The van der Waals surface area contributed by atoms with Gasteiger partial charge in [-0.05, 0) is 37.3 Å². The number of fused-ring (bicyclic) bond motifs is 1. The van der Waals surface area contributed by atoms with Crippen molar-refractivity contribution in [2.24, 2.45) is 0 Å². The molecular weight excluding hydrogens is 502 g/mol. The normalized spacial score (nSPS) is 17.0. The lowest BCUT2D eigenvalue weighted by Crippen LogP contribution is -2.35. The molecule has 0 spiro atoms. The van der Waals surface area contributed by atoms with Gasteiger partial charge in [-0.2, -0.15) is 0 Å². The predicted molar refractivity (Wildman–Crippen MR) is 141 cm³/mol. The number of rotatable bonds is 8. The maximum Gasteiger partial charge on any atom is 0.338 e. The van der Waals surface area contributed by atoms with E-state index in [1.165, 1.54) is 16.9 Å². The van der Waals surface area contributed by atoms with Crippen molar-refractivity contribution in [2.75, 3.05) is 43.6 Å². The lowest BCUT2D eigenvalue weighted by atomic mass is 10.1. The van der Waals surface area contributed by atoms with Crippen LogP contribution in [0.1, 0.15) is 22.8 Å². The maximum atomic E-state index is 13.5. The Labute approximate surface area is 217 Å². The number of carbonyl (C=O) groups excluding carboxylic acids is 4. The molecular formula is C25H23N3O6S2. The standard InChI is InChI=1S/C25H23N3O6S2/c1-3-34-24(32)15-8-10-16(11-9-15)26-19(29)14-28-18-7-5-4-6-17(18)20(22(28)30)21-23(31)27(12-13-33-2)25(35)36-21/h4-11H,3,12-14H2,1-2H3,(H,26,29). The number of thiocarbonyl (C=S) groups is 1. The summed E-state index contributed by atoms with van der Waals surface area (Å²) in [7, 11) is 1.53. The van der Waals surface area contributed by atoms with E-state index in [2.05, 4.69) is 5.32 Å². The summed E-state index contributed by atoms with van der Waals surface area (Å²) < 4.78 is 10.4. The first-order valence-electron chi connectivity index (χ1n) is 11.1. The van der Waals surface area contributed by atoms with Crippen LogP contribution in [0.2, 0.25) is 0 Å². The van der Waals surface area contributed by atoms with Gasteiger partial charge in [0.05, 0.1) is 41.5 Å². The van der Waals surface area contributed by atoms with Crippen molar-refractivity contribution < 1.29 is 28.7 Å². The van der Waals surface area contributed by atoms with Crippen molar-refractivity contribution in [3.63, 3.8) is 0 Å². The summed E-state index contributed by atoms with van der Waals surface area (Å²) in [5.74, 6) is -1.69. The summed E-state index contributed by atoms with van der Waals surface area (Å²) in [6, 6.07) is 13.3. The number of carbonyl (C=O) groups is 4. The summed E-state index contributed by atoms with van der Waals surface area (Å²) in [6.45, 7) is 2.32. The van der Waals surface area contributed by atoms with E-state index in [-0.39, 0.29) is 36.1 Å². The van der Waals surface area contributed by atoms with Gasteiger partial charge in [0.25, 0.3) is 11.8 Å². The summed E-state index contributed by atoms with van der Waals surface area (Å²) >= 11 is 6.43. The second kappa shape index (κ2) is 11.0. The van der Waals surface area contributed by atoms with Crippen LogP contribution in [-0.4, -0.2) is 66.3 Å². The molecule has 11 heteroatoms. The molecule has 0 aromatic heterocycles. The molecule has 0 saturated carbocycles. The SMILES string of the molecule is CCOC(=O)c1ccc(NC(=O)CN2C(=O)C(=C3SC(=S)N(CCOC)C3=O)c3ccccc32)cc1. The minimum atomic E-state index is -0.449. The molecule has 2 aliphatic heterocycles. The first kappa shape index (κ1) is 25.5. The Balaban J connectivity index is 1.54. The molecule has 2 aromatic carbocycles. The number of amides is 3. The monoisotopic (exact) mass is 525 g/mol. The number of nitrogens with zero attached hydrogens (tertiary/aromatic N) is 2. The topological polar surface area (TPSA) is 105 Å². The molecule has 36 heavy (non-hydrogen) atoms. The smallest absolute Gasteiger partial charge is 0.338 e. The third kappa shape index (κ3) is 5.03. The number of methoxy groups -OCH3 is 1. The van der Waals surface area contributed by atoms with Gasteiger partial charge in [0.15, 0.2) is 0 Å². The molecule has 1 N–H and O–H groups in total. The summed E-state index contributed by atoms with van der Waals surface area (Å²) in [4.78, 5) is 54.2. The number of hydrogen-bond acceptors (Lipinski definition) is 8. The molecule has 0 atom stereocenters. The third-order valence-corrected chi connectivity index (χ3v) is 6.95. The van der Waals surface area contributed by atoms with Crippen LogP contribution in [0, 0.1) is 0 Å². The highest BCUT2D eigenvalue weighted by molar-refractivity contribution is 8.26. The Morgan fingerprint density at radius 1 is 1.03 bits per heavy atom. The van der Waals surface area contributed by atoms with Gasteiger partial charge < -0.3 is 14.8 Å². The van der Waals surface area contributed by atoms with Crippen molar-refractivity contribution >= 4 is 68.9 Å². The van der Waals surface area contributed by atoms with Gasteiger partial charge in [-0.15, -0.1) is 0 Å². The number of thioether (sulfide) groups is 1. The van der Waals surface area contributed by atoms with E-state index in [9.17, 15) is 19.2 Å². The number of anilines is 2. The second-order valence-electron chi connectivity index (χ2n) is 7.78. The van der Waals surface area contributed by atoms with E-state index in [1.807, 2.05) is 0 Å². The van der Waals surface area contributed by atoms with Crippen LogP contribution >= 0.6 is 24.0 Å². The average molecular weight is 526 g/mol. The Morgan fingerprint density at radius 3 is 2.44 bits per heavy atom. The second-order valence-corrected chi connectivity index (χ2v) is 9.42. The van der Waals surface area contributed by atoms with Crippen LogP contribution in [-0.2, 0) is 23.9 Å². The van der Waals surface area contributed by atoms with Crippen molar-refractivity contribution in [1.29, 1.82) is 0 Å². The Hall–Kier alpha value is -3.54. The van der Waals surface area contributed by atoms with Gasteiger partial charge in [-0.3, -0.25) is 24.2 Å². The van der Waals surface area contributed by atoms with E-state index in [0.29, 0.717) is 33.4 Å². The predicted octanol–water partition coefficient (Wildman–Crippen LogP) is 3.07. The molecule has 3 amide bonds. The van der Waals surface area contributed by atoms with Gasteiger partial charge >= 0.3 is 5.97 Å². The van der Waals surface area contributed by atoms with Crippen molar-refractivity contribution in [2.45, 2.75) is 6.92 Å². The lowest BCUT2D eigenvalue weighted by molar-refractivity contribution is -0.123. The van der Waals surface area contributed by atoms with Gasteiger partial charge in [0.1, 0.15) is 10.9 Å². The van der Waals surface area contributed by atoms with Crippen molar-refractivity contribution in [3.05, 3.63) is 64.6 Å². The molecule has 1 saturated heterocycles. The number of para-hydroxylation sites is 1. The molecule has 2 aliphatic rings. The summed E-state index contributed by atoms with van der Waals surface area (Å²) in [6.07, 6.45) is 0. The molecule has 0 unspecified atom stereocenters. The molecule has 1 fully saturated rings. The molecule has 0 bridgehead atoms. The van der Waals surface area contributed by atoms with Gasteiger partial charge in [0.2, 0.25) is 5.91 Å². The zero-order valence-corrected chi connectivity index (χ0v) is 21.2. The lowest BCUT2D eigenvalue weighted by Gasteiger charge is -2.17. The maximum absolute atomic E-state index is 13.5. The third-order valence-electron chi connectivity index (χ3n) is 5.50. The van der Waals surface area contributed by atoms with Crippen molar-refractivity contribution in [1.82, 2.24) is 4.90 Å². The fourth-order valence-corrected chi connectivity index (χ4v) is 5.21. The highest BCUT2D eigenvalue weighted by atomic mass is 32.2. The van der Waals surface area contributed by atoms with E-state index in [1.54, 1.807) is 55.5 Å². The Bertz CT molecular complexity index is 1270. The van der Waals surface area contributed by atoms with Crippen LogP contribution < -0.4 is 10.2 Å². The zero-order valence-electron chi connectivity index (χ0n) is 19.6. The number of esters is 1. The first-order valence-corrected chi connectivity index (χ1v) is 12.3. The molecule has 186 valence electrons.